The predicted molar refractivity (Wildman–Crippen MR) is 255 cm³/mol. The Hall–Kier alpha value is -5.70. The first kappa shape index (κ1) is 46.1. The zero-order valence-electron chi connectivity index (χ0n) is 39.4. The molecule has 0 spiro atoms. The molecule has 20 heteroatoms. The van der Waals surface area contributed by atoms with E-state index in [0.29, 0.717) is 64.7 Å². The number of sulfonamides is 2. The van der Waals surface area contributed by atoms with Gasteiger partial charge in [0, 0.05) is 55.8 Å². The standard InChI is InChI=1S/C27H33N5O4S.C21H25N5O4S/c1-17-26(18(2)36-29-17)19-9-10-23-22(15-19)28-27(32(23)21-13-14-30(16-21)37(3,34)35)24-11-12-25(33)31(24)20-7-5-4-6-8-20;1-12-20(13(2)30-24-12)14-4-6-18-17(10-14)23-21(16-5-7-19(27)22-16)26(18)15-8-9-25(11-15)31(3,28)29/h7,9-10,15,21,24H,4-6,8,11-14,16H2,1-3H3;4,6,10,15-16H,5,7-9,11H2,1-3H3,(H,22,27)/t21-,24+;15-,16+/m11/s1. The summed E-state index contributed by atoms with van der Waals surface area (Å²) in [6.07, 6.45) is 12.6. The summed E-state index contributed by atoms with van der Waals surface area (Å²) in [4.78, 5) is 37.1. The second kappa shape index (κ2) is 17.7. The van der Waals surface area contributed by atoms with Gasteiger partial charge in [-0.05, 0) is 114 Å². The van der Waals surface area contributed by atoms with E-state index < -0.39 is 20.0 Å². The summed E-state index contributed by atoms with van der Waals surface area (Å²) in [5, 5.41) is 11.2. The topological polar surface area (TPSA) is 212 Å². The number of nitrogens with one attached hydrogen (secondary N) is 1. The summed E-state index contributed by atoms with van der Waals surface area (Å²) in [5.74, 6) is 3.31. The number of imidazole rings is 2. The molecule has 4 aliphatic heterocycles. The lowest BCUT2D eigenvalue weighted by Crippen LogP contribution is -2.31. The van der Waals surface area contributed by atoms with Crippen LogP contribution in [0.1, 0.15) is 123 Å². The van der Waals surface area contributed by atoms with Crippen LogP contribution in [0.3, 0.4) is 0 Å². The van der Waals surface area contributed by atoms with E-state index in [1.54, 1.807) is 4.31 Å². The van der Waals surface area contributed by atoms with Gasteiger partial charge in [-0.25, -0.2) is 35.4 Å². The molecule has 1 N–H and O–H groups in total. The summed E-state index contributed by atoms with van der Waals surface area (Å²) in [7, 11) is -6.54. The average Bonchev–Trinajstić information content (AvgIpc) is 4.16. The SMILES string of the molecule is Cc1noc(C)c1-c1ccc2c(c1)nc([C@@H]1CCC(=O)N1)n2[C@@H]1CCN(S(C)(=O)=O)C1.Cc1noc(C)c1-c1ccc2c(c1)nc([C@@H]1CCC(=O)N1C1=CCCCC1)n2[C@@H]1CCN(S(C)(=O)=O)C1. The van der Waals surface area contributed by atoms with Crippen LogP contribution in [0.4, 0.5) is 0 Å². The van der Waals surface area contributed by atoms with Gasteiger partial charge < -0.3 is 28.4 Å². The molecule has 360 valence electrons. The monoisotopic (exact) mass is 966 g/mol. The van der Waals surface area contributed by atoms with Gasteiger partial charge in [-0.1, -0.05) is 28.5 Å². The van der Waals surface area contributed by atoms with Gasteiger partial charge in [0.2, 0.25) is 31.9 Å². The van der Waals surface area contributed by atoms with Crippen molar-refractivity contribution >= 4 is 53.9 Å². The molecule has 2 aromatic carbocycles. The summed E-state index contributed by atoms with van der Waals surface area (Å²) in [6.45, 7) is 9.41. The number of fused-ring (bicyclic) bond motifs is 2. The van der Waals surface area contributed by atoms with Gasteiger partial charge in [-0.3, -0.25) is 9.59 Å². The quantitative estimate of drug-likeness (QED) is 0.154. The van der Waals surface area contributed by atoms with Gasteiger partial charge in [0.15, 0.2) is 0 Å². The van der Waals surface area contributed by atoms with Crippen molar-refractivity contribution < 1.29 is 35.5 Å². The van der Waals surface area contributed by atoms with E-state index in [9.17, 15) is 26.4 Å². The number of benzene rings is 2. The lowest BCUT2D eigenvalue weighted by molar-refractivity contribution is -0.127. The molecule has 68 heavy (non-hydrogen) atoms. The molecule has 18 nitrogen and oxygen atoms in total. The fourth-order valence-electron chi connectivity index (χ4n) is 11.2. The minimum atomic E-state index is -3.29. The zero-order chi connectivity index (χ0) is 47.8. The van der Waals surface area contributed by atoms with Crippen LogP contribution in [-0.2, 0) is 29.6 Å². The molecule has 0 saturated carbocycles. The number of carbonyl (C=O) groups excluding carboxylic acids is 2. The minimum Gasteiger partial charge on any atom is -0.361 e. The van der Waals surface area contributed by atoms with Crippen molar-refractivity contribution in [2.24, 2.45) is 0 Å². The molecule has 1 aliphatic carbocycles. The molecule has 5 aliphatic rings. The first-order valence-electron chi connectivity index (χ1n) is 23.6. The van der Waals surface area contributed by atoms with E-state index >= 15 is 0 Å². The molecule has 0 radical (unpaired) electrons. The number of likely N-dealkylation sites (tertiary alicyclic amines) is 1. The van der Waals surface area contributed by atoms with Crippen LogP contribution in [0, 0.1) is 27.7 Å². The highest BCUT2D eigenvalue weighted by molar-refractivity contribution is 7.88. The maximum absolute atomic E-state index is 13.1. The minimum absolute atomic E-state index is 0.0178. The molecule has 4 atom stereocenters. The zero-order valence-corrected chi connectivity index (χ0v) is 41.0. The maximum Gasteiger partial charge on any atom is 0.227 e. The van der Waals surface area contributed by atoms with Crippen LogP contribution in [0.5, 0.6) is 0 Å². The second-order valence-corrected chi connectivity index (χ2v) is 23.0. The molecule has 4 saturated heterocycles. The molecule has 4 fully saturated rings. The van der Waals surface area contributed by atoms with Crippen LogP contribution < -0.4 is 5.32 Å². The number of hydrogen-bond donors (Lipinski definition) is 1. The molecule has 6 aromatic rings. The van der Waals surface area contributed by atoms with Crippen LogP contribution in [0.2, 0.25) is 0 Å². The van der Waals surface area contributed by atoms with Crippen molar-refractivity contribution in [1.82, 2.24) is 48.2 Å². The van der Waals surface area contributed by atoms with Gasteiger partial charge in [0.1, 0.15) is 23.2 Å². The van der Waals surface area contributed by atoms with E-state index in [4.69, 9.17) is 19.0 Å². The summed E-state index contributed by atoms with van der Waals surface area (Å²) >= 11 is 0. The van der Waals surface area contributed by atoms with Crippen molar-refractivity contribution in [3.63, 3.8) is 0 Å². The number of hydrogen-bond acceptors (Lipinski definition) is 12. The summed E-state index contributed by atoms with van der Waals surface area (Å²) in [5.41, 5.74) is 10.2. The lowest BCUT2D eigenvalue weighted by Gasteiger charge is -2.30. The van der Waals surface area contributed by atoms with Gasteiger partial charge in [0.05, 0.1) is 70.1 Å². The highest BCUT2D eigenvalue weighted by Gasteiger charge is 2.41. The summed E-state index contributed by atoms with van der Waals surface area (Å²) < 4.78 is 66.9. The van der Waals surface area contributed by atoms with Gasteiger partial charge in [-0.15, -0.1) is 0 Å². The fourth-order valence-corrected chi connectivity index (χ4v) is 12.9. The molecule has 2 amide bonds. The molecule has 0 bridgehead atoms. The smallest absolute Gasteiger partial charge is 0.227 e. The lowest BCUT2D eigenvalue weighted by atomic mass is 10.0. The van der Waals surface area contributed by atoms with Crippen molar-refractivity contribution in [3.05, 3.63) is 82.7 Å². The van der Waals surface area contributed by atoms with Gasteiger partial charge in [0.25, 0.3) is 0 Å². The van der Waals surface area contributed by atoms with Crippen LogP contribution >= 0.6 is 0 Å². The Morgan fingerprint density at radius 2 is 1.21 bits per heavy atom. The van der Waals surface area contributed by atoms with Crippen molar-refractivity contribution in [1.29, 1.82) is 0 Å². The average molecular weight is 967 g/mol. The number of amides is 2. The van der Waals surface area contributed by atoms with Crippen molar-refractivity contribution in [2.75, 3.05) is 38.7 Å². The third kappa shape index (κ3) is 8.46. The fraction of sp³-hybridized carbons (Fsp3) is 0.500. The Balaban J connectivity index is 0.000000161. The predicted octanol–water partition coefficient (Wildman–Crippen LogP) is 7.10. The molecule has 4 aromatic heterocycles. The highest BCUT2D eigenvalue weighted by Crippen LogP contribution is 2.43. The highest BCUT2D eigenvalue weighted by atomic mass is 32.2. The van der Waals surface area contributed by atoms with E-state index in [1.165, 1.54) is 16.8 Å². The first-order chi connectivity index (χ1) is 32.4. The Kier molecular flexibility index (Phi) is 12.0. The van der Waals surface area contributed by atoms with Crippen LogP contribution in [0.25, 0.3) is 44.3 Å². The third-order valence-electron chi connectivity index (χ3n) is 14.4. The van der Waals surface area contributed by atoms with Gasteiger partial charge in [-0.2, -0.15) is 0 Å². The number of aromatic nitrogens is 6. The molecule has 8 heterocycles. The van der Waals surface area contributed by atoms with E-state index in [1.807, 2.05) is 50.8 Å². The van der Waals surface area contributed by atoms with Crippen LogP contribution in [0.15, 0.2) is 57.2 Å². The van der Waals surface area contributed by atoms with Crippen LogP contribution in [-0.4, -0.2) is 110 Å². The van der Waals surface area contributed by atoms with Crippen molar-refractivity contribution in [3.8, 4) is 22.3 Å². The number of aryl methyl sites for hydroxylation is 4. The first-order valence-corrected chi connectivity index (χ1v) is 27.2. The van der Waals surface area contributed by atoms with E-state index in [2.05, 4.69) is 49.0 Å². The Morgan fingerprint density at radius 1 is 0.662 bits per heavy atom. The second-order valence-electron chi connectivity index (χ2n) is 19.0. The van der Waals surface area contributed by atoms with E-state index in [-0.39, 0.29) is 36.0 Å². The molecule has 0 unspecified atom stereocenters. The maximum atomic E-state index is 13.1. The Bertz CT molecular complexity index is 3200. The van der Waals surface area contributed by atoms with Crippen molar-refractivity contribution in [2.45, 2.75) is 116 Å². The number of allylic oxidation sites excluding steroid dienone is 2. The summed E-state index contributed by atoms with van der Waals surface area (Å²) in [6, 6.07) is 11.8. The number of nitrogens with zero attached hydrogens (tertiary/aromatic N) is 9. The van der Waals surface area contributed by atoms with Gasteiger partial charge >= 0.3 is 0 Å². The molecular weight excluding hydrogens is 909 g/mol. The third-order valence-corrected chi connectivity index (χ3v) is 16.9. The Labute approximate surface area is 395 Å². The molecular formula is C48H58N10O8S2. The largest absolute Gasteiger partial charge is 0.361 e. The van der Waals surface area contributed by atoms with E-state index in [0.717, 1.165) is 110 Å². The number of carbonyl (C=O) groups is 2. The number of rotatable bonds is 9. The normalized spacial score (nSPS) is 23.0. The molecule has 11 rings (SSSR count). The Morgan fingerprint density at radius 3 is 1.66 bits per heavy atom.